The van der Waals surface area contributed by atoms with E-state index in [1.54, 1.807) is 0 Å². The maximum atomic E-state index is 12.8. The Morgan fingerprint density at radius 1 is 1.43 bits per heavy atom. The molecule has 3 rings (SSSR count). The largest absolute Gasteiger partial charge is 0.507 e. The van der Waals surface area contributed by atoms with E-state index in [9.17, 15) is 24.9 Å². The number of rotatable bonds is 2. The summed E-state index contributed by atoms with van der Waals surface area (Å²) in [5.41, 5.74) is -0.0104. The summed E-state index contributed by atoms with van der Waals surface area (Å²) in [5, 5.41) is 29.3. The van der Waals surface area contributed by atoms with Gasteiger partial charge >= 0.3 is 5.97 Å². The summed E-state index contributed by atoms with van der Waals surface area (Å²) in [6.45, 7) is -0.312. The van der Waals surface area contributed by atoms with Crippen molar-refractivity contribution in [3.63, 3.8) is 0 Å². The molecule has 0 saturated heterocycles. The van der Waals surface area contributed by atoms with E-state index in [0.29, 0.717) is 12.0 Å². The molecule has 7 nitrogen and oxygen atoms in total. The summed E-state index contributed by atoms with van der Waals surface area (Å²) in [6.07, 6.45) is -0.499. The lowest BCUT2D eigenvalue weighted by molar-refractivity contribution is -0.145. The van der Waals surface area contributed by atoms with Crippen LogP contribution in [-0.2, 0) is 22.6 Å². The summed E-state index contributed by atoms with van der Waals surface area (Å²) in [5.74, 6) is -1.91. The molecular weight excluding hydrogens is 304 g/mol. The lowest BCUT2D eigenvalue weighted by Gasteiger charge is -2.27. The highest BCUT2D eigenvalue weighted by Crippen LogP contribution is 2.35. The number of hydrogen-bond acceptors (Lipinski definition) is 7. The first-order valence-corrected chi connectivity index (χ1v) is 7.16. The summed E-state index contributed by atoms with van der Waals surface area (Å²) < 4.78 is 10.3. The zero-order chi connectivity index (χ0) is 16.7. The number of phenols is 1. The number of aromatic hydroxyl groups is 1. The Balaban J connectivity index is 2.33. The van der Waals surface area contributed by atoms with Gasteiger partial charge in [0, 0.05) is 6.42 Å². The van der Waals surface area contributed by atoms with Crippen molar-refractivity contribution in [2.45, 2.75) is 31.5 Å². The topological polar surface area (TPSA) is 117 Å². The Kier molecular flexibility index (Phi) is 3.83. The second-order valence-corrected chi connectivity index (χ2v) is 5.52. The molecule has 1 aliphatic rings. The van der Waals surface area contributed by atoms with Crippen molar-refractivity contribution < 1.29 is 29.3 Å². The van der Waals surface area contributed by atoms with E-state index in [2.05, 4.69) is 4.74 Å². The van der Waals surface area contributed by atoms with E-state index < -0.39 is 23.4 Å². The third kappa shape index (κ3) is 2.38. The van der Waals surface area contributed by atoms with Crippen LogP contribution in [-0.4, -0.2) is 34.5 Å². The normalized spacial score (nSPS) is 20.3. The van der Waals surface area contributed by atoms with Crippen molar-refractivity contribution in [1.82, 2.24) is 0 Å². The van der Waals surface area contributed by atoms with Crippen molar-refractivity contribution >= 4 is 16.9 Å². The highest BCUT2D eigenvalue weighted by molar-refractivity contribution is 5.87. The number of carbonyl (C=O) groups excluding carboxylic acids is 1. The molecule has 7 heteroatoms. The molecule has 1 heterocycles. The van der Waals surface area contributed by atoms with Crippen molar-refractivity contribution in [3.8, 4) is 5.75 Å². The van der Waals surface area contributed by atoms with Crippen LogP contribution in [0.4, 0.5) is 0 Å². The first-order valence-electron chi connectivity index (χ1n) is 7.16. The number of aliphatic hydroxyl groups excluding tert-OH is 2. The average molecular weight is 320 g/mol. The first kappa shape index (κ1) is 15.5. The third-order valence-corrected chi connectivity index (χ3v) is 4.15. The van der Waals surface area contributed by atoms with Crippen LogP contribution in [0.15, 0.2) is 21.3 Å². The number of esters is 1. The quantitative estimate of drug-likeness (QED) is 0.692. The number of carbonyl (C=O) groups is 1. The molecule has 1 aromatic carbocycles. The summed E-state index contributed by atoms with van der Waals surface area (Å²) in [6, 6.07) is 2.73. The number of phenolic OH excluding ortho intramolecular Hbond substituents is 1. The van der Waals surface area contributed by atoms with Gasteiger partial charge in [-0.05, 0) is 24.1 Å². The van der Waals surface area contributed by atoms with E-state index in [4.69, 9.17) is 4.42 Å². The molecular formula is C16H16O7. The molecule has 0 fully saturated rings. The van der Waals surface area contributed by atoms with Crippen molar-refractivity contribution in [3.05, 3.63) is 39.2 Å². The molecule has 1 aliphatic carbocycles. The maximum Gasteiger partial charge on any atom is 0.316 e. The Labute approximate surface area is 130 Å². The number of ether oxygens (including phenoxy) is 1. The van der Waals surface area contributed by atoms with Crippen LogP contribution in [0.3, 0.4) is 0 Å². The highest BCUT2D eigenvalue weighted by Gasteiger charge is 2.39. The Morgan fingerprint density at radius 3 is 2.83 bits per heavy atom. The van der Waals surface area contributed by atoms with Crippen LogP contribution in [0.2, 0.25) is 0 Å². The zero-order valence-corrected chi connectivity index (χ0v) is 12.4. The fourth-order valence-corrected chi connectivity index (χ4v) is 3.05. The Hall–Kier alpha value is -2.38. The zero-order valence-electron chi connectivity index (χ0n) is 12.4. The van der Waals surface area contributed by atoms with E-state index in [-0.39, 0.29) is 41.1 Å². The number of hydrogen-bond donors (Lipinski definition) is 3. The first-order chi connectivity index (χ1) is 11.0. The monoisotopic (exact) mass is 320 g/mol. The Bertz CT molecular complexity index is 836. The second-order valence-electron chi connectivity index (χ2n) is 5.52. The van der Waals surface area contributed by atoms with Crippen LogP contribution in [0.25, 0.3) is 11.0 Å². The molecule has 0 amide bonds. The predicted octanol–water partition coefficient (Wildman–Crippen LogP) is 0.555. The van der Waals surface area contributed by atoms with Gasteiger partial charge in [-0.15, -0.1) is 0 Å². The standard InChI is InChI=1S/C16H16O7/c1-22-16(21)13-8(18)2-3-10-14(13)15(20)12-9(19)4-7(6-17)5-11(12)23-10/h4-5,8,13,17-19H,2-3,6H2,1H3. The van der Waals surface area contributed by atoms with Crippen LogP contribution in [0.5, 0.6) is 5.75 Å². The second kappa shape index (κ2) is 5.68. The number of aryl methyl sites for hydroxylation is 1. The molecule has 3 N–H and O–H groups in total. The number of fused-ring (bicyclic) bond motifs is 2. The smallest absolute Gasteiger partial charge is 0.316 e. The number of methoxy groups -OCH3 is 1. The van der Waals surface area contributed by atoms with E-state index in [1.807, 2.05) is 0 Å². The fraction of sp³-hybridized carbons (Fsp3) is 0.375. The highest BCUT2D eigenvalue weighted by atomic mass is 16.5. The van der Waals surface area contributed by atoms with Crippen molar-refractivity contribution in [2.75, 3.05) is 7.11 Å². The average Bonchev–Trinajstić information content (AvgIpc) is 2.54. The minimum atomic E-state index is -1.14. The van der Waals surface area contributed by atoms with E-state index in [0.717, 1.165) is 0 Å². The molecule has 2 unspecified atom stereocenters. The van der Waals surface area contributed by atoms with Gasteiger partial charge < -0.3 is 24.5 Å². The van der Waals surface area contributed by atoms with Crippen molar-refractivity contribution in [2.24, 2.45) is 0 Å². The predicted molar refractivity (Wildman–Crippen MR) is 79.2 cm³/mol. The molecule has 0 aliphatic heterocycles. The summed E-state index contributed by atoms with van der Waals surface area (Å²) >= 11 is 0. The summed E-state index contributed by atoms with van der Waals surface area (Å²) in [7, 11) is 1.18. The lowest BCUT2D eigenvalue weighted by atomic mass is 9.83. The molecule has 0 saturated carbocycles. The van der Waals surface area contributed by atoms with Gasteiger partial charge in [-0.1, -0.05) is 0 Å². The van der Waals surface area contributed by atoms with Gasteiger partial charge in [-0.3, -0.25) is 9.59 Å². The SMILES string of the molecule is COC(=O)C1c2c(oc3cc(CO)cc(O)c3c2=O)CCC1O. The number of benzene rings is 1. The van der Waals surface area contributed by atoms with Gasteiger partial charge in [0.15, 0.2) is 0 Å². The summed E-state index contributed by atoms with van der Waals surface area (Å²) in [4.78, 5) is 24.7. The van der Waals surface area contributed by atoms with Gasteiger partial charge in [-0.25, -0.2) is 0 Å². The molecule has 2 atom stereocenters. The molecule has 0 spiro atoms. The molecule has 1 aromatic heterocycles. The van der Waals surface area contributed by atoms with Gasteiger partial charge in [0.2, 0.25) is 5.43 Å². The molecule has 0 bridgehead atoms. The van der Waals surface area contributed by atoms with Crippen LogP contribution >= 0.6 is 0 Å². The van der Waals surface area contributed by atoms with Crippen LogP contribution in [0, 0.1) is 0 Å². The molecule has 0 radical (unpaired) electrons. The minimum absolute atomic E-state index is 0.0233. The van der Waals surface area contributed by atoms with Gasteiger partial charge in [0.25, 0.3) is 0 Å². The molecule has 23 heavy (non-hydrogen) atoms. The van der Waals surface area contributed by atoms with Gasteiger partial charge in [0.1, 0.15) is 28.4 Å². The van der Waals surface area contributed by atoms with Gasteiger partial charge in [0.05, 0.1) is 25.4 Å². The Morgan fingerprint density at radius 2 is 2.17 bits per heavy atom. The number of aliphatic hydroxyl groups is 2. The van der Waals surface area contributed by atoms with Gasteiger partial charge in [-0.2, -0.15) is 0 Å². The third-order valence-electron chi connectivity index (χ3n) is 4.15. The molecule has 122 valence electrons. The molecule has 2 aromatic rings. The minimum Gasteiger partial charge on any atom is -0.507 e. The van der Waals surface area contributed by atoms with E-state index >= 15 is 0 Å². The van der Waals surface area contributed by atoms with Crippen molar-refractivity contribution in [1.29, 1.82) is 0 Å². The van der Waals surface area contributed by atoms with E-state index in [1.165, 1.54) is 19.2 Å². The van der Waals surface area contributed by atoms with Crippen LogP contribution < -0.4 is 5.43 Å². The van der Waals surface area contributed by atoms with Crippen LogP contribution in [0.1, 0.15) is 29.2 Å². The lowest BCUT2D eigenvalue weighted by Crippen LogP contribution is -2.36. The fourth-order valence-electron chi connectivity index (χ4n) is 3.05. The maximum absolute atomic E-state index is 12.8.